The molecule has 1 amide bonds. The van der Waals surface area contributed by atoms with Crippen LogP contribution in [0.4, 0.5) is 5.69 Å². The Morgan fingerprint density at radius 1 is 1.20 bits per heavy atom. The van der Waals surface area contributed by atoms with Gasteiger partial charge in [-0.05, 0) is 62.2 Å². The van der Waals surface area contributed by atoms with Crippen molar-refractivity contribution in [3.63, 3.8) is 0 Å². The summed E-state index contributed by atoms with van der Waals surface area (Å²) < 4.78 is 6.44. The van der Waals surface area contributed by atoms with E-state index in [2.05, 4.69) is 35.4 Å². The first-order valence-corrected chi connectivity index (χ1v) is 9.32. The van der Waals surface area contributed by atoms with Crippen molar-refractivity contribution < 1.29 is 9.53 Å². The number of aryl methyl sites for hydroxylation is 1. The number of ether oxygens (including phenoxy) is 1. The third kappa shape index (κ3) is 4.65. The summed E-state index contributed by atoms with van der Waals surface area (Å²) in [6, 6.07) is 14.1. The summed E-state index contributed by atoms with van der Waals surface area (Å²) >= 11 is 1.69. The van der Waals surface area contributed by atoms with Gasteiger partial charge in [0.2, 0.25) is 5.91 Å². The molecule has 0 fully saturated rings. The SMILES string of the molecule is CCOCCCC(=O)Nc1ccc(-c2nc3ccc(C)cc3s2)cc1. The third-order valence-electron chi connectivity index (χ3n) is 3.86. The quantitative estimate of drug-likeness (QED) is 0.606. The van der Waals surface area contributed by atoms with Gasteiger partial charge in [0.15, 0.2) is 0 Å². The van der Waals surface area contributed by atoms with Gasteiger partial charge in [0, 0.05) is 30.9 Å². The molecule has 0 aliphatic rings. The standard InChI is InChI=1S/C20H22N2O2S/c1-3-24-12-4-5-19(23)21-16-9-7-15(8-10-16)20-22-17-11-6-14(2)13-18(17)25-20/h6-11,13H,3-5,12H2,1-2H3,(H,21,23). The highest BCUT2D eigenvalue weighted by Crippen LogP contribution is 2.31. The van der Waals surface area contributed by atoms with Crippen molar-refractivity contribution >= 4 is 33.1 Å². The second-order valence-corrected chi connectivity index (χ2v) is 6.95. The normalized spacial score (nSPS) is 11.0. The molecule has 1 N–H and O–H groups in total. The van der Waals surface area contributed by atoms with Crippen molar-refractivity contribution in [3.8, 4) is 10.6 Å². The summed E-state index contributed by atoms with van der Waals surface area (Å²) in [5, 5.41) is 3.92. The first kappa shape index (κ1) is 17.6. The number of carbonyl (C=O) groups excluding carboxylic acids is 1. The Balaban J connectivity index is 1.64. The molecule has 0 saturated heterocycles. The predicted molar refractivity (Wildman–Crippen MR) is 104 cm³/mol. The highest BCUT2D eigenvalue weighted by molar-refractivity contribution is 7.21. The number of aromatic nitrogens is 1. The topological polar surface area (TPSA) is 51.2 Å². The maximum Gasteiger partial charge on any atom is 0.224 e. The van der Waals surface area contributed by atoms with E-state index in [0.29, 0.717) is 19.6 Å². The van der Waals surface area contributed by atoms with Crippen LogP contribution in [0.1, 0.15) is 25.3 Å². The number of carbonyl (C=O) groups is 1. The average Bonchev–Trinajstić information content (AvgIpc) is 3.02. The minimum Gasteiger partial charge on any atom is -0.382 e. The number of nitrogens with zero attached hydrogens (tertiary/aromatic N) is 1. The molecule has 25 heavy (non-hydrogen) atoms. The van der Waals surface area contributed by atoms with Crippen LogP contribution in [0.5, 0.6) is 0 Å². The fourth-order valence-corrected chi connectivity index (χ4v) is 3.62. The Labute approximate surface area is 151 Å². The summed E-state index contributed by atoms with van der Waals surface area (Å²) in [6.45, 7) is 5.35. The zero-order chi connectivity index (χ0) is 17.6. The van der Waals surface area contributed by atoms with E-state index >= 15 is 0 Å². The fourth-order valence-electron chi connectivity index (χ4n) is 2.55. The van der Waals surface area contributed by atoms with Gasteiger partial charge in [-0.2, -0.15) is 0 Å². The van der Waals surface area contributed by atoms with Gasteiger partial charge in [-0.25, -0.2) is 4.98 Å². The first-order valence-electron chi connectivity index (χ1n) is 8.51. The van der Waals surface area contributed by atoms with E-state index in [1.54, 1.807) is 11.3 Å². The molecule has 3 rings (SSSR count). The highest BCUT2D eigenvalue weighted by Gasteiger charge is 2.07. The Morgan fingerprint density at radius 3 is 2.76 bits per heavy atom. The Hall–Kier alpha value is -2.24. The largest absolute Gasteiger partial charge is 0.382 e. The molecule has 1 heterocycles. The van der Waals surface area contributed by atoms with E-state index < -0.39 is 0 Å². The van der Waals surface area contributed by atoms with Crippen molar-refractivity contribution in [1.29, 1.82) is 0 Å². The number of anilines is 1. The molecule has 0 saturated carbocycles. The Kier molecular flexibility index (Phi) is 5.79. The number of nitrogens with one attached hydrogen (secondary N) is 1. The molecule has 0 aliphatic carbocycles. The van der Waals surface area contributed by atoms with Gasteiger partial charge in [-0.1, -0.05) is 6.07 Å². The first-order chi connectivity index (χ1) is 12.2. The van der Waals surface area contributed by atoms with Crippen LogP contribution in [-0.4, -0.2) is 24.1 Å². The molecule has 5 heteroatoms. The van der Waals surface area contributed by atoms with E-state index in [1.807, 2.05) is 31.2 Å². The second kappa shape index (κ2) is 8.23. The lowest BCUT2D eigenvalue weighted by Gasteiger charge is -2.06. The Bertz CT molecular complexity index is 856. The van der Waals surface area contributed by atoms with Crippen LogP contribution in [0.2, 0.25) is 0 Å². The maximum atomic E-state index is 11.9. The average molecular weight is 354 g/mol. The summed E-state index contributed by atoms with van der Waals surface area (Å²) in [6.07, 6.45) is 1.21. The Morgan fingerprint density at radius 2 is 2.00 bits per heavy atom. The molecule has 0 bridgehead atoms. The molecule has 4 nitrogen and oxygen atoms in total. The van der Waals surface area contributed by atoms with Gasteiger partial charge in [0.05, 0.1) is 10.2 Å². The molecule has 130 valence electrons. The maximum absolute atomic E-state index is 11.9. The molecule has 2 aromatic carbocycles. The summed E-state index contributed by atoms with van der Waals surface area (Å²) in [7, 11) is 0. The third-order valence-corrected chi connectivity index (χ3v) is 4.92. The smallest absolute Gasteiger partial charge is 0.224 e. The van der Waals surface area contributed by atoms with Crippen LogP contribution in [0.25, 0.3) is 20.8 Å². The zero-order valence-corrected chi connectivity index (χ0v) is 15.4. The van der Waals surface area contributed by atoms with Crippen LogP contribution >= 0.6 is 11.3 Å². The number of thiazole rings is 1. The van der Waals surface area contributed by atoms with Crippen LogP contribution in [-0.2, 0) is 9.53 Å². The van der Waals surface area contributed by atoms with Crippen molar-refractivity contribution in [3.05, 3.63) is 48.0 Å². The van der Waals surface area contributed by atoms with Gasteiger partial charge in [-0.3, -0.25) is 4.79 Å². The summed E-state index contributed by atoms with van der Waals surface area (Å²) in [4.78, 5) is 16.6. The minimum absolute atomic E-state index is 0.0166. The zero-order valence-electron chi connectivity index (χ0n) is 14.5. The van der Waals surface area contributed by atoms with Gasteiger partial charge < -0.3 is 10.1 Å². The lowest BCUT2D eigenvalue weighted by molar-refractivity contribution is -0.116. The van der Waals surface area contributed by atoms with Crippen molar-refractivity contribution in [2.24, 2.45) is 0 Å². The van der Waals surface area contributed by atoms with Crippen molar-refractivity contribution in [2.75, 3.05) is 18.5 Å². The van der Waals surface area contributed by atoms with Crippen LogP contribution in [0.3, 0.4) is 0 Å². The molecule has 3 aromatic rings. The van der Waals surface area contributed by atoms with Gasteiger partial charge in [-0.15, -0.1) is 11.3 Å². The van der Waals surface area contributed by atoms with Crippen LogP contribution in [0, 0.1) is 6.92 Å². The fraction of sp³-hybridized carbons (Fsp3) is 0.300. The number of hydrogen-bond acceptors (Lipinski definition) is 4. The van der Waals surface area contributed by atoms with Crippen LogP contribution < -0.4 is 5.32 Å². The molecular formula is C20H22N2O2S. The highest BCUT2D eigenvalue weighted by atomic mass is 32.1. The number of hydrogen-bond donors (Lipinski definition) is 1. The van der Waals surface area contributed by atoms with Crippen molar-refractivity contribution in [1.82, 2.24) is 4.98 Å². The minimum atomic E-state index is 0.0166. The molecule has 0 atom stereocenters. The number of amides is 1. The van der Waals surface area contributed by atoms with Crippen molar-refractivity contribution in [2.45, 2.75) is 26.7 Å². The predicted octanol–water partition coefficient (Wildman–Crippen LogP) is 5.03. The second-order valence-electron chi connectivity index (χ2n) is 5.92. The monoisotopic (exact) mass is 354 g/mol. The van der Waals surface area contributed by atoms with Gasteiger partial charge >= 0.3 is 0 Å². The molecule has 0 spiro atoms. The van der Waals surface area contributed by atoms with E-state index in [-0.39, 0.29) is 5.91 Å². The van der Waals surface area contributed by atoms with E-state index in [4.69, 9.17) is 4.74 Å². The lowest BCUT2D eigenvalue weighted by Crippen LogP contribution is -2.12. The molecular weight excluding hydrogens is 332 g/mol. The van der Waals surface area contributed by atoms with E-state index in [1.165, 1.54) is 10.3 Å². The van der Waals surface area contributed by atoms with E-state index in [9.17, 15) is 4.79 Å². The molecule has 1 aromatic heterocycles. The van der Waals surface area contributed by atoms with Crippen LogP contribution in [0.15, 0.2) is 42.5 Å². The molecule has 0 aliphatic heterocycles. The molecule has 0 radical (unpaired) electrons. The summed E-state index contributed by atoms with van der Waals surface area (Å²) in [5.41, 5.74) is 4.14. The summed E-state index contributed by atoms with van der Waals surface area (Å²) in [5.74, 6) is 0.0166. The van der Waals surface area contributed by atoms with Gasteiger partial charge in [0.25, 0.3) is 0 Å². The van der Waals surface area contributed by atoms with Gasteiger partial charge in [0.1, 0.15) is 5.01 Å². The van der Waals surface area contributed by atoms with E-state index in [0.717, 1.165) is 28.2 Å². The molecule has 0 unspecified atom stereocenters. The number of fused-ring (bicyclic) bond motifs is 1. The number of rotatable bonds is 7. The number of benzene rings is 2. The lowest BCUT2D eigenvalue weighted by atomic mass is 10.2.